The van der Waals surface area contributed by atoms with E-state index in [-0.39, 0.29) is 0 Å². The highest BCUT2D eigenvalue weighted by Crippen LogP contribution is 2.26. The predicted molar refractivity (Wildman–Crippen MR) is 77.6 cm³/mol. The lowest BCUT2D eigenvalue weighted by Gasteiger charge is -2.44. The van der Waals surface area contributed by atoms with Crippen molar-refractivity contribution in [2.75, 3.05) is 26.2 Å². The molecule has 2 fully saturated rings. The lowest BCUT2D eigenvalue weighted by Crippen LogP contribution is -2.54. The Labute approximate surface area is 119 Å². The number of benzene rings is 1. The fourth-order valence-electron chi connectivity index (χ4n) is 3.29. The van der Waals surface area contributed by atoms with Crippen molar-refractivity contribution in [1.29, 1.82) is 0 Å². The van der Waals surface area contributed by atoms with Crippen LogP contribution < -0.4 is 0 Å². The zero-order chi connectivity index (χ0) is 13.2. The number of aromatic hydroxyl groups is 1. The summed E-state index contributed by atoms with van der Waals surface area (Å²) in [4.78, 5) is 5.07. The smallest absolute Gasteiger partial charge is 0.120 e. The summed E-state index contributed by atoms with van der Waals surface area (Å²) >= 11 is 6.01. The highest BCUT2D eigenvalue weighted by Gasteiger charge is 2.28. The molecule has 1 aromatic carbocycles. The van der Waals surface area contributed by atoms with Gasteiger partial charge in [0, 0.05) is 42.8 Å². The molecular formula is C15H21ClN2O. The molecule has 0 aliphatic carbocycles. The highest BCUT2D eigenvalue weighted by atomic mass is 35.5. The average Bonchev–Trinajstić information content (AvgIpc) is 2.43. The van der Waals surface area contributed by atoms with Gasteiger partial charge in [-0.2, -0.15) is 0 Å². The Kier molecular flexibility index (Phi) is 3.96. The van der Waals surface area contributed by atoms with E-state index in [9.17, 15) is 5.11 Å². The van der Waals surface area contributed by atoms with Crippen LogP contribution in [-0.4, -0.2) is 47.1 Å². The Morgan fingerprint density at radius 3 is 3.00 bits per heavy atom. The molecule has 0 bridgehead atoms. The van der Waals surface area contributed by atoms with Crippen LogP contribution in [0, 0.1) is 0 Å². The fourth-order valence-corrected chi connectivity index (χ4v) is 3.48. The van der Waals surface area contributed by atoms with Crippen molar-refractivity contribution in [3.05, 3.63) is 28.8 Å². The van der Waals surface area contributed by atoms with Crippen molar-refractivity contribution in [3.8, 4) is 5.75 Å². The first-order valence-corrected chi connectivity index (χ1v) is 7.54. The Bertz CT molecular complexity index is 452. The molecule has 0 saturated carbocycles. The molecule has 1 aromatic rings. The van der Waals surface area contributed by atoms with E-state index in [1.807, 2.05) is 6.07 Å². The monoisotopic (exact) mass is 280 g/mol. The lowest BCUT2D eigenvalue weighted by atomic mass is 9.99. The van der Waals surface area contributed by atoms with Crippen molar-refractivity contribution < 1.29 is 5.11 Å². The summed E-state index contributed by atoms with van der Waals surface area (Å²) in [5.41, 5.74) is 0.941. The van der Waals surface area contributed by atoms with Crippen molar-refractivity contribution in [3.63, 3.8) is 0 Å². The van der Waals surface area contributed by atoms with Gasteiger partial charge in [0.15, 0.2) is 0 Å². The molecule has 1 unspecified atom stereocenters. The van der Waals surface area contributed by atoms with Gasteiger partial charge < -0.3 is 5.11 Å². The first kappa shape index (κ1) is 13.2. The summed E-state index contributed by atoms with van der Waals surface area (Å²) in [5, 5.41) is 10.6. The number of piperazine rings is 1. The van der Waals surface area contributed by atoms with Crippen LogP contribution in [0.4, 0.5) is 0 Å². The molecule has 19 heavy (non-hydrogen) atoms. The van der Waals surface area contributed by atoms with Gasteiger partial charge in [-0.15, -0.1) is 0 Å². The second kappa shape index (κ2) is 5.70. The minimum atomic E-state index is 0.357. The molecule has 104 valence electrons. The van der Waals surface area contributed by atoms with E-state index < -0.39 is 0 Å². The highest BCUT2D eigenvalue weighted by molar-refractivity contribution is 6.30. The normalized spacial score (nSPS) is 25.2. The van der Waals surface area contributed by atoms with Crippen LogP contribution in [0.1, 0.15) is 24.8 Å². The summed E-state index contributed by atoms with van der Waals surface area (Å²) in [6, 6.07) is 6.02. The quantitative estimate of drug-likeness (QED) is 0.902. The molecule has 0 radical (unpaired) electrons. The van der Waals surface area contributed by atoms with Gasteiger partial charge in [-0.1, -0.05) is 18.0 Å². The van der Waals surface area contributed by atoms with Crippen LogP contribution in [0.25, 0.3) is 0 Å². The molecule has 2 aliphatic rings. The van der Waals surface area contributed by atoms with Gasteiger partial charge in [0.25, 0.3) is 0 Å². The number of fused-ring (bicyclic) bond motifs is 1. The molecule has 1 N–H and O–H groups in total. The average molecular weight is 281 g/mol. The Balaban J connectivity index is 1.65. The van der Waals surface area contributed by atoms with Gasteiger partial charge >= 0.3 is 0 Å². The van der Waals surface area contributed by atoms with E-state index in [1.54, 1.807) is 12.1 Å². The van der Waals surface area contributed by atoms with Crippen LogP contribution in [0.3, 0.4) is 0 Å². The maximum Gasteiger partial charge on any atom is 0.120 e. The second-order valence-corrected chi connectivity index (χ2v) is 6.13. The van der Waals surface area contributed by atoms with Crippen molar-refractivity contribution in [1.82, 2.24) is 9.80 Å². The van der Waals surface area contributed by atoms with E-state index in [0.29, 0.717) is 16.8 Å². The predicted octanol–water partition coefficient (Wildman–Crippen LogP) is 2.72. The summed E-state index contributed by atoms with van der Waals surface area (Å²) in [6.45, 7) is 5.43. The molecule has 0 aromatic heterocycles. The van der Waals surface area contributed by atoms with E-state index in [2.05, 4.69) is 9.80 Å². The number of phenolic OH excluding ortho intramolecular Hbond substituents is 1. The number of rotatable bonds is 2. The Morgan fingerprint density at radius 1 is 1.21 bits per heavy atom. The summed E-state index contributed by atoms with van der Waals surface area (Å²) in [5.74, 6) is 0.357. The van der Waals surface area contributed by atoms with Crippen molar-refractivity contribution in [2.24, 2.45) is 0 Å². The lowest BCUT2D eigenvalue weighted by molar-refractivity contribution is 0.0453. The number of hydrogen-bond acceptors (Lipinski definition) is 3. The topological polar surface area (TPSA) is 26.7 Å². The summed E-state index contributed by atoms with van der Waals surface area (Å²) < 4.78 is 0. The summed E-state index contributed by atoms with van der Waals surface area (Å²) in [7, 11) is 0. The van der Waals surface area contributed by atoms with Crippen LogP contribution in [0.2, 0.25) is 5.02 Å². The minimum Gasteiger partial charge on any atom is -0.508 e. The zero-order valence-electron chi connectivity index (χ0n) is 11.2. The van der Waals surface area contributed by atoms with Gasteiger partial charge in [-0.05, 0) is 37.6 Å². The van der Waals surface area contributed by atoms with Gasteiger partial charge in [-0.25, -0.2) is 0 Å². The summed E-state index contributed by atoms with van der Waals surface area (Å²) in [6.07, 6.45) is 4.03. The Morgan fingerprint density at radius 2 is 2.11 bits per heavy atom. The largest absolute Gasteiger partial charge is 0.508 e. The van der Waals surface area contributed by atoms with E-state index in [4.69, 9.17) is 11.6 Å². The molecule has 3 rings (SSSR count). The molecule has 2 saturated heterocycles. The number of nitrogens with zero attached hydrogens (tertiary/aromatic N) is 2. The van der Waals surface area contributed by atoms with Crippen LogP contribution >= 0.6 is 11.6 Å². The van der Waals surface area contributed by atoms with Crippen LogP contribution in [0.15, 0.2) is 18.2 Å². The molecule has 0 spiro atoms. The number of halogens is 1. The third kappa shape index (κ3) is 3.04. The first-order valence-electron chi connectivity index (χ1n) is 7.16. The van der Waals surface area contributed by atoms with Gasteiger partial charge in [0.1, 0.15) is 5.75 Å². The first-order chi connectivity index (χ1) is 9.22. The van der Waals surface area contributed by atoms with Gasteiger partial charge in [0.2, 0.25) is 0 Å². The molecule has 3 nitrogen and oxygen atoms in total. The number of phenols is 1. The van der Waals surface area contributed by atoms with E-state index in [0.717, 1.165) is 31.7 Å². The third-order valence-corrected chi connectivity index (χ3v) is 4.59. The molecule has 4 heteroatoms. The SMILES string of the molecule is Oc1ccc(Cl)cc1CN1CCN2CCCCC2C1. The van der Waals surface area contributed by atoms with Crippen LogP contribution in [0.5, 0.6) is 5.75 Å². The molecule has 1 atom stereocenters. The van der Waals surface area contributed by atoms with Crippen LogP contribution in [-0.2, 0) is 6.54 Å². The van der Waals surface area contributed by atoms with E-state index >= 15 is 0 Å². The van der Waals surface area contributed by atoms with Crippen molar-refractivity contribution in [2.45, 2.75) is 31.8 Å². The number of piperidine rings is 1. The van der Waals surface area contributed by atoms with Gasteiger partial charge in [-0.3, -0.25) is 9.80 Å². The molecule has 2 aliphatic heterocycles. The molecule has 2 heterocycles. The zero-order valence-corrected chi connectivity index (χ0v) is 11.9. The minimum absolute atomic E-state index is 0.357. The fraction of sp³-hybridized carbons (Fsp3) is 0.600. The molecule has 0 amide bonds. The van der Waals surface area contributed by atoms with Gasteiger partial charge in [0.05, 0.1) is 0 Å². The Hall–Kier alpha value is -0.770. The molecular weight excluding hydrogens is 260 g/mol. The maximum atomic E-state index is 9.90. The standard InChI is InChI=1S/C15H21ClN2O/c16-13-4-5-15(19)12(9-13)10-17-7-8-18-6-2-1-3-14(18)11-17/h4-5,9,14,19H,1-3,6-8,10-11H2. The third-order valence-electron chi connectivity index (χ3n) is 4.36. The number of hydrogen-bond donors (Lipinski definition) is 1. The van der Waals surface area contributed by atoms with E-state index in [1.165, 1.54) is 25.8 Å². The van der Waals surface area contributed by atoms with Crippen molar-refractivity contribution >= 4 is 11.6 Å². The second-order valence-electron chi connectivity index (χ2n) is 5.69. The maximum absolute atomic E-state index is 9.90.